The quantitative estimate of drug-likeness (QED) is 0.0983. The third-order valence-corrected chi connectivity index (χ3v) is 9.96. The molecule has 9 nitrogen and oxygen atoms in total. The Bertz CT molecular complexity index is 1850. The van der Waals surface area contributed by atoms with Crippen molar-refractivity contribution in [2.24, 2.45) is 23.7 Å². The Balaban J connectivity index is 0.000000230. The number of ether oxygens (including phenoxy) is 3. The fourth-order valence-electron chi connectivity index (χ4n) is 5.11. The Labute approximate surface area is 295 Å². The number of carboxylic acids is 1. The van der Waals surface area contributed by atoms with E-state index in [-0.39, 0.29) is 40.8 Å². The number of aliphatic carboxylic acids is 1. The van der Waals surface area contributed by atoms with Gasteiger partial charge in [-0.2, -0.15) is 0 Å². The number of carbonyl (C=O) groups excluding carboxylic acids is 3. The average molecular weight is 801 g/mol. The molecule has 2 aliphatic carbocycles. The van der Waals surface area contributed by atoms with Crippen molar-refractivity contribution in [3.05, 3.63) is 70.4 Å². The van der Waals surface area contributed by atoms with Crippen molar-refractivity contribution < 1.29 is 44.0 Å². The van der Waals surface area contributed by atoms with Crippen LogP contribution in [0, 0.1) is 23.7 Å². The minimum absolute atomic E-state index is 0. The molecule has 0 saturated heterocycles. The normalized spacial score (nSPS) is 18.6. The molecule has 2 aromatic heterocycles. The van der Waals surface area contributed by atoms with Crippen LogP contribution in [0.4, 0.5) is 0 Å². The van der Waals surface area contributed by atoms with Crippen LogP contribution in [0.2, 0.25) is 14.8 Å². The number of hydrogen-bond acceptors (Lipinski definition) is 9. The monoisotopic (exact) mass is 801 g/mol. The molecule has 2 heterocycles. The van der Waals surface area contributed by atoms with Crippen LogP contribution >= 0.6 is 22.7 Å². The Morgan fingerprint density at radius 1 is 0.729 bits per heavy atom. The topological polar surface area (TPSA) is 148 Å². The molecule has 48 heavy (non-hydrogen) atoms. The second-order valence-corrected chi connectivity index (χ2v) is 22.6. The molecule has 4 atom stereocenters. The molecule has 12 heteroatoms. The Morgan fingerprint density at radius 3 is 1.46 bits per heavy atom. The van der Waals surface area contributed by atoms with E-state index < -0.39 is 31.6 Å². The van der Waals surface area contributed by atoms with Gasteiger partial charge in [-0.25, -0.2) is 0 Å². The van der Waals surface area contributed by atoms with E-state index in [0.717, 1.165) is 37.0 Å². The van der Waals surface area contributed by atoms with Crippen molar-refractivity contribution in [2.75, 3.05) is 21.3 Å². The van der Waals surface area contributed by atoms with E-state index in [1.807, 2.05) is 36.4 Å². The Kier molecular flexibility index (Phi) is 13.6. The molecule has 0 bridgehead atoms. The summed E-state index contributed by atoms with van der Waals surface area (Å²) in [4.78, 5) is 55.5. The molecule has 0 unspecified atom stereocenters. The SMILES string of the molecule is C=Cc1cc2cc(C(=O)[C@@H]3C[C@@H]3C(=O)O)sc2cc1OC.C=Cc1cc2cc(C(=O)[C@@H]3C[C@@H]3C(=O)OC)sc2cc1OC.O.[CH3][Sn]([CH3])[CH3]. The number of carboxylic acid groups (broad SMARTS) is 1. The van der Waals surface area contributed by atoms with Crippen molar-refractivity contribution >= 4 is 98.3 Å². The molecule has 0 amide bonds. The summed E-state index contributed by atoms with van der Waals surface area (Å²) in [7, 11) is 4.55. The van der Waals surface area contributed by atoms with Gasteiger partial charge in [-0.05, 0) is 60.0 Å². The summed E-state index contributed by atoms with van der Waals surface area (Å²) in [5.74, 6) is -1.16. The van der Waals surface area contributed by atoms with Crippen molar-refractivity contribution in [2.45, 2.75) is 27.7 Å². The number of esters is 1. The maximum atomic E-state index is 12.5. The molecule has 2 saturated carbocycles. The number of ketones is 2. The van der Waals surface area contributed by atoms with Gasteiger partial charge in [0.2, 0.25) is 0 Å². The van der Waals surface area contributed by atoms with Crippen LogP contribution in [-0.4, -0.2) is 75.2 Å². The molecule has 4 aromatic rings. The van der Waals surface area contributed by atoms with Crippen LogP contribution in [0.15, 0.2) is 49.6 Å². The third kappa shape index (κ3) is 8.93. The standard InChI is InChI=1S/C17H16O4S.C16H14O4S.3CH3.H2O.Sn/c1-4-9-5-10-6-15(22-14(10)8-13(9)20-2)16(18)11-7-12(11)17(19)21-3;1-3-8-4-9-5-14(21-13(9)7-12(8)20-2)15(17)10-6-11(10)16(18)19;;;;;/h4-6,8,11-12H,1,7H2,2-3H3;3-5,7,10-11H,1,6H2,2H3,(H,18,19);3*1H3;1H2;/t11-,12+;10-,11+;;;;;/m11...../s1. The molecular formula is C36H41O9S2Sn. The summed E-state index contributed by atoms with van der Waals surface area (Å²) in [5.41, 5.74) is 1.77. The number of carbonyl (C=O) groups is 4. The second-order valence-electron chi connectivity index (χ2n) is 11.9. The Morgan fingerprint density at radius 2 is 1.12 bits per heavy atom. The van der Waals surface area contributed by atoms with Crippen LogP contribution in [0.3, 0.4) is 0 Å². The minimum atomic E-state index is -0.884. The average Bonchev–Trinajstić information content (AvgIpc) is 3.95. The van der Waals surface area contributed by atoms with E-state index >= 15 is 0 Å². The van der Waals surface area contributed by atoms with E-state index in [0.29, 0.717) is 28.3 Å². The zero-order valence-electron chi connectivity index (χ0n) is 27.9. The van der Waals surface area contributed by atoms with Gasteiger partial charge in [0.1, 0.15) is 11.5 Å². The summed E-state index contributed by atoms with van der Waals surface area (Å²) in [6, 6.07) is 11.4. The van der Waals surface area contributed by atoms with Gasteiger partial charge in [0.15, 0.2) is 11.6 Å². The molecule has 255 valence electrons. The molecule has 0 spiro atoms. The summed E-state index contributed by atoms with van der Waals surface area (Å²) < 4.78 is 17.3. The molecule has 0 aliphatic heterocycles. The molecule has 1 radical (unpaired) electrons. The first-order chi connectivity index (χ1) is 22.4. The van der Waals surface area contributed by atoms with Crippen LogP contribution in [0.1, 0.15) is 43.3 Å². The fraction of sp³-hybridized carbons (Fsp3) is 0.333. The van der Waals surface area contributed by atoms with Gasteiger partial charge >= 0.3 is 46.5 Å². The molecule has 3 N–H and O–H groups in total. The van der Waals surface area contributed by atoms with Gasteiger partial charge < -0.3 is 24.8 Å². The summed E-state index contributed by atoms with van der Waals surface area (Å²) in [5, 5.41) is 10.9. The van der Waals surface area contributed by atoms with Gasteiger partial charge in [-0.1, -0.05) is 25.3 Å². The van der Waals surface area contributed by atoms with Gasteiger partial charge in [-0.3, -0.25) is 19.2 Å². The molecular weight excluding hydrogens is 759 g/mol. The van der Waals surface area contributed by atoms with E-state index in [4.69, 9.17) is 19.3 Å². The molecule has 2 aromatic carbocycles. The van der Waals surface area contributed by atoms with Crippen LogP contribution in [-0.2, 0) is 14.3 Å². The number of fused-ring (bicyclic) bond motifs is 2. The van der Waals surface area contributed by atoms with E-state index in [1.54, 1.807) is 26.4 Å². The number of rotatable bonds is 10. The molecule has 2 aliphatic rings. The number of benzene rings is 2. The number of thiophene rings is 2. The van der Waals surface area contributed by atoms with Gasteiger partial charge in [0.25, 0.3) is 0 Å². The van der Waals surface area contributed by atoms with Crippen LogP contribution in [0.25, 0.3) is 32.3 Å². The zero-order valence-corrected chi connectivity index (χ0v) is 32.4. The Hall–Kier alpha value is -3.52. The molecule has 6 rings (SSSR count). The number of Topliss-reactive ketones (excluding diaryl/α,β-unsaturated/α-hetero) is 2. The predicted octanol–water partition coefficient (Wildman–Crippen LogP) is 7.55. The third-order valence-electron chi connectivity index (χ3n) is 7.74. The number of methoxy groups -OCH3 is 3. The van der Waals surface area contributed by atoms with Crippen molar-refractivity contribution in [3.8, 4) is 11.5 Å². The summed E-state index contributed by atoms with van der Waals surface area (Å²) in [6.45, 7) is 7.52. The second kappa shape index (κ2) is 16.7. The maximum absolute atomic E-state index is 12.5. The zero-order chi connectivity index (χ0) is 34.6. The van der Waals surface area contributed by atoms with Crippen molar-refractivity contribution in [1.29, 1.82) is 0 Å². The van der Waals surface area contributed by atoms with Gasteiger partial charge in [0.05, 0.1) is 42.9 Å². The molecule has 2 fully saturated rings. The number of hydrogen-bond donors (Lipinski definition) is 1. The van der Waals surface area contributed by atoms with Crippen LogP contribution < -0.4 is 9.47 Å². The predicted molar refractivity (Wildman–Crippen MR) is 195 cm³/mol. The fourth-order valence-corrected chi connectivity index (χ4v) is 7.26. The van der Waals surface area contributed by atoms with E-state index in [1.165, 1.54) is 29.8 Å². The van der Waals surface area contributed by atoms with E-state index in [2.05, 4.69) is 28.0 Å². The van der Waals surface area contributed by atoms with E-state index in [9.17, 15) is 19.2 Å². The summed E-state index contributed by atoms with van der Waals surface area (Å²) in [6.07, 6.45) is 4.47. The first-order valence-corrected chi connectivity index (χ1v) is 25.2. The van der Waals surface area contributed by atoms with Crippen molar-refractivity contribution in [1.82, 2.24) is 0 Å². The first-order valence-electron chi connectivity index (χ1n) is 15.0. The summed E-state index contributed by atoms with van der Waals surface area (Å²) >= 11 is 2.26. The van der Waals surface area contributed by atoms with Crippen molar-refractivity contribution in [3.63, 3.8) is 0 Å². The van der Waals surface area contributed by atoms with Gasteiger partial charge in [-0.15, -0.1) is 22.7 Å². The van der Waals surface area contributed by atoms with Crippen LogP contribution in [0.5, 0.6) is 11.5 Å². The van der Waals surface area contributed by atoms with Gasteiger partial charge in [0, 0.05) is 32.4 Å². The first kappa shape index (κ1) is 38.9.